The number of aryl methyl sites for hydroxylation is 1. The number of hydrogen-bond acceptors (Lipinski definition) is 4. The van der Waals surface area contributed by atoms with Crippen molar-refractivity contribution in [3.05, 3.63) is 17.6 Å². The summed E-state index contributed by atoms with van der Waals surface area (Å²) in [5.41, 5.74) is -0.467. The molecule has 0 saturated heterocycles. The number of hydrogen-bond donors (Lipinski definition) is 2. The Morgan fingerprint density at radius 1 is 1.56 bits per heavy atom. The number of nitrogens with zero attached hydrogens (tertiary/aromatic N) is 2. The Hall–Kier alpha value is -1.93. The molecule has 0 aliphatic heterocycles. The number of carbonyl (C=O) groups is 1. The van der Waals surface area contributed by atoms with Gasteiger partial charge in [-0.05, 0) is 6.92 Å². The van der Waals surface area contributed by atoms with E-state index in [1.807, 2.05) is 5.32 Å². The van der Waals surface area contributed by atoms with Gasteiger partial charge in [-0.25, -0.2) is 23.5 Å². The van der Waals surface area contributed by atoms with Crippen LogP contribution in [-0.2, 0) is 0 Å². The number of rotatable bonds is 5. The van der Waals surface area contributed by atoms with Crippen molar-refractivity contribution >= 4 is 11.8 Å². The average Bonchev–Trinajstić information content (AvgIpc) is 2.26. The van der Waals surface area contributed by atoms with Crippen LogP contribution in [0.4, 0.5) is 23.4 Å². The van der Waals surface area contributed by atoms with E-state index in [0.717, 1.165) is 6.20 Å². The van der Waals surface area contributed by atoms with Gasteiger partial charge in [0.2, 0.25) is 0 Å². The SMILES string of the molecule is Cc1ncc(C(=O)O)c(NCC(F)(F)C(F)F)n1. The number of anilines is 1. The van der Waals surface area contributed by atoms with Crippen molar-refractivity contribution < 1.29 is 27.5 Å². The summed E-state index contributed by atoms with van der Waals surface area (Å²) < 4.78 is 49.2. The second-order valence-corrected chi connectivity index (χ2v) is 3.40. The molecule has 1 aromatic rings. The molecule has 18 heavy (non-hydrogen) atoms. The van der Waals surface area contributed by atoms with Crippen LogP contribution in [0.15, 0.2) is 6.20 Å². The van der Waals surface area contributed by atoms with Gasteiger partial charge in [-0.3, -0.25) is 0 Å². The molecule has 0 aromatic carbocycles. The molecule has 0 atom stereocenters. The maximum absolute atomic E-state index is 12.7. The van der Waals surface area contributed by atoms with Crippen molar-refractivity contribution in [1.82, 2.24) is 9.97 Å². The Kier molecular flexibility index (Phi) is 4.04. The van der Waals surface area contributed by atoms with E-state index in [0.29, 0.717) is 0 Å². The van der Waals surface area contributed by atoms with E-state index in [-0.39, 0.29) is 5.82 Å². The number of aromatic carboxylic acids is 1. The van der Waals surface area contributed by atoms with E-state index in [1.54, 1.807) is 0 Å². The van der Waals surface area contributed by atoms with Crippen LogP contribution in [-0.4, -0.2) is 39.9 Å². The van der Waals surface area contributed by atoms with Gasteiger partial charge in [-0.1, -0.05) is 0 Å². The standard InChI is InChI=1S/C9H9F4N3O2/c1-4-14-2-5(7(17)18)6(16-4)15-3-9(12,13)8(10)11/h2,8H,3H2,1H3,(H,17,18)(H,14,15,16). The number of halogens is 4. The summed E-state index contributed by atoms with van der Waals surface area (Å²) in [6, 6.07) is 0. The van der Waals surface area contributed by atoms with Crippen LogP contribution in [0.3, 0.4) is 0 Å². The first-order chi connectivity index (χ1) is 8.24. The maximum atomic E-state index is 12.7. The maximum Gasteiger partial charge on any atom is 0.341 e. The van der Waals surface area contributed by atoms with Gasteiger partial charge in [0.1, 0.15) is 17.2 Å². The minimum atomic E-state index is -4.27. The minimum Gasteiger partial charge on any atom is -0.477 e. The van der Waals surface area contributed by atoms with Crippen LogP contribution in [0.25, 0.3) is 0 Å². The molecule has 2 N–H and O–H groups in total. The van der Waals surface area contributed by atoms with E-state index in [9.17, 15) is 22.4 Å². The Balaban J connectivity index is 2.90. The van der Waals surface area contributed by atoms with Crippen molar-refractivity contribution in [3.8, 4) is 0 Å². The molecule has 0 saturated carbocycles. The molecule has 0 aliphatic rings. The van der Waals surface area contributed by atoms with Gasteiger partial charge in [0.05, 0.1) is 6.54 Å². The van der Waals surface area contributed by atoms with E-state index >= 15 is 0 Å². The Labute approximate surface area is 98.9 Å². The fourth-order valence-corrected chi connectivity index (χ4v) is 1.04. The van der Waals surface area contributed by atoms with Crippen LogP contribution in [0, 0.1) is 6.92 Å². The van der Waals surface area contributed by atoms with Crippen LogP contribution in [0.5, 0.6) is 0 Å². The lowest BCUT2D eigenvalue weighted by Crippen LogP contribution is -2.35. The third-order valence-corrected chi connectivity index (χ3v) is 1.95. The van der Waals surface area contributed by atoms with Gasteiger partial charge < -0.3 is 10.4 Å². The van der Waals surface area contributed by atoms with Crippen molar-refractivity contribution in [2.24, 2.45) is 0 Å². The smallest absolute Gasteiger partial charge is 0.341 e. The Morgan fingerprint density at radius 3 is 2.67 bits per heavy atom. The van der Waals surface area contributed by atoms with E-state index in [1.165, 1.54) is 6.92 Å². The molecule has 0 spiro atoms. The predicted molar refractivity (Wildman–Crippen MR) is 53.2 cm³/mol. The van der Waals surface area contributed by atoms with Gasteiger partial charge in [0.15, 0.2) is 0 Å². The fourth-order valence-electron chi connectivity index (χ4n) is 1.04. The van der Waals surface area contributed by atoms with Crippen molar-refractivity contribution in [2.45, 2.75) is 19.3 Å². The molecule has 0 aliphatic carbocycles. The molecular weight excluding hydrogens is 258 g/mol. The van der Waals surface area contributed by atoms with Crippen LogP contribution in [0.1, 0.15) is 16.2 Å². The molecule has 0 radical (unpaired) electrons. The number of aromatic nitrogens is 2. The number of alkyl halides is 4. The highest BCUT2D eigenvalue weighted by Crippen LogP contribution is 2.23. The first-order valence-corrected chi connectivity index (χ1v) is 4.71. The van der Waals surface area contributed by atoms with Gasteiger partial charge in [0, 0.05) is 6.20 Å². The molecule has 1 aromatic heterocycles. The molecule has 1 heterocycles. The van der Waals surface area contributed by atoms with Crippen LogP contribution in [0.2, 0.25) is 0 Å². The average molecular weight is 267 g/mol. The lowest BCUT2D eigenvalue weighted by Gasteiger charge is -2.16. The summed E-state index contributed by atoms with van der Waals surface area (Å²) in [4.78, 5) is 17.9. The van der Waals surface area contributed by atoms with Crippen LogP contribution >= 0.6 is 0 Å². The molecule has 0 amide bonds. The molecular formula is C9H9F4N3O2. The quantitative estimate of drug-likeness (QED) is 0.795. The van der Waals surface area contributed by atoms with E-state index in [4.69, 9.17) is 5.11 Å². The summed E-state index contributed by atoms with van der Waals surface area (Å²) in [5, 5.41) is 10.6. The Morgan fingerprint density at radius 2 is 2.17 bits per heavy atom. The summed E-state index contributed by atoms with van der Waals surface area (Å²) in [6.07, 6.45) is -2.94. The van der Waals surface area contributed by atoms with E-state index < -0.39 is 36.2 Å². The van der Waals surface area contributed by atoms with Crippen molar-refractivity contribution in [1.29, 1.82) is 0 Å². The molecule has 0 unspecified atom stereocenters. The van der Waals surface area contributed by atoms with E-state index in [2.05, 4.69) is 9.97 Å². The highest BCUT2D eigenvalue weighted by Gasteiger charge is 2.40. The second kappa shape index (κ2) is 5.15. The second-order valence-electron chi connectivity index (χ2n) is 3.40. The third-order valence-electron chi connectivity index (χ3n) is 1.95. The number of nitrogens with one attached hydrogen (secondary N) is 1. The van der Waals surface area contributed by atoms with Gasteiger partial charge in [0.25, 0.3) is 0 Å². The number of carboxylic acid groups (broad SMARTS) is 1. The summed E-state index contributed by atoms with van der Waals surface area (Å²) in [7, 11) is 0. The first-order valence-electron chi connectivity index (χ1n) is 4.71. The topological polar surface area (TPSA) is 75.1 Å². The zero-order chi connectivity index (χ0) is 13.9. The largest absolute Gasteiger partial charge is 0.477 e. The summed E-state index contributed by atoms with van der Waals surface area (Å²) in [6.45, 7) is -0.0105. The van der Waals surface area contributed by atoms with Crippen molar-refractivity contribution in [3.63, 3.8) is 0 Å². The molecule has 5 nitrogen and oxygen atoms in total. The first kappa shape index (κ1) is 14.1. The van der Waals surface area contributed by atoms with Crippen molar-refractivity contribution in [2.75, 3.05) is 11.9 Å². The van der Waals surface area contributed by atoms with Crippen LogP contribution < -0.4 is 5.32 Å². The van der Waals surface area contributed by atoms with Gasteiger partial charge in [-0.15, -0.1) is 0 Å². The molecule has 1 rings (SSSR count). The van der Waals surface area contributed by atoms with Gasteiger partial charge >= 0.3 is 18.3 Å². The van der Waals surface area contributed by atoms with Gasteiger partial charge in [-0.2, -0.15) is 8.78 Å². The lowest BCUT2D eigenvalue weighted by atomic mass is 10.3. The predicted octanol–water partition coefficient (Wildman–Crippen LogP) is 1.80. The molecule has 0 bridgehead atoms. The highest BCUT2D eigenvalue weighted by atomic mass is 19.3. The molecule has 0 fully saturated rings. The molecule has 100 valence electrons. The summed E-state index contributed by atoms with van der Waals surface area (Å²) in [5.74, 6) is -6.01. The monoisotopic (exact) mass is 267 g/mol. The Bertz CT molecular complexity index is 453. The minimum absolute atomic E-state index is 0.128. The zero-order valence-corrected chi connectivity index (χ0v) is 9.12. The third kappa shape index (κ3) is 3.28. The highest BCUT2D eigenvalue weighted by molar-refractivity contribution is 5.92. The number of carboxylic acids is 1. The fraction of sp³-hybridized carbons (Fsp3) is 0.444. The summed E-state index contributed by atoms with van der Waals surface area (Å²) >= 11 is 0. The zero-order valence-electron chi connectivity index (χ0n) is 9.12. The lowest BCUT2D eigenvalue weighted by molar-refractivity contribution is -0.117. The molecule has 9 heteroatoms. The normalized spacial score (nSPS) is 11.7.